The molecule has 0 saturated heterocycles. The molecule has 0 saturated carbocycles. The lowest BCUT2D eigenvalue weighted by Gasteiger charge is -2.08. The third kappa shape index (κ3) is 2.18. The highest BCUT2D eigenvalue weighted by Crippen LogP contribution is 2.29. The minimum absolute atomic E-state index is 0.100. The minimum Gasteiger partial charge on any atom is -0.508 e. The van der Waals surface area contributed by atoms with Gasteiger partial charge in [-0.25, -0.2) is 9.18 Å². The molecule has 2 rings (SSSR count). The third-order valence-electron chi connectivity index (χ3n) is 2.73. The summed E-state index contributed by atoms with van der Waals surface area (Å²) in [6.07, 6.45) is 0. The first-order valence-electron chi connectivity index (χ1n) is 5.32. The second kappa shape index (κ2) is 4.49. The van der Waals surface area contributed by atoms with Crippen molar-refractivity contribution in [2.75, 3.05) is 0 Å². The summed E-state index contributed by atoms with van der Waals surface area (Å²) in [6.45, 7) is 1.77. The van der Waals surface area contributed by atoms with Crippen LogP contribution in [0.25, 0.3) is 11.1 Å². The van der Waals surface area contributed by atoms with E-state index in [-0.39, 0.29) is 16.9 Å². The fourth-order valence-corrected chi connectivity index (χ4v) is 1.77. The zero-order chi connectivity index (χ0) is 13.3. The van der Waals surface area contributed by atoms with Crippen LogP contribution in [0.4, 0.5) is 4.39 Å². The molecule has 0 spiro atoms. The van der Waals surface area contributed by atoms with Gasteiger partial charge in [-0.15, -0.1) is 0 Å². The average molecular weight is 246 g/mol. The van der Waals surface area contributed by atoms with Gasteiger partial charge in [-0.2, -0.15) is 0 Å². The Balaban J connectivity index is 2.62. The number of carbonyl (C=O) groups is 1. The number of aromatic carboxylic acids is 1. The Morgan fingerprint density at radius 3 is 2.44 bits per heavy atom. The van der Waals surface area contributed by atoms with E-state index in [9.17, 15) is 9.18 Å². The lowest BCUT2D eigenvalue weighted by Crippen LogP contribution is -1.98. The number of benzene rings is 2. The van der Waals surface area contributed by atoms with Crippen LogP contribution in [-0.2, 0) is 0 Å². The summed E-state index contributed by atoms with van der Waals surface area (Å²) < 4.78 is 13.7. The van der Waals surface area contributed by atoms with Crippen LogP contribution in [0.5, 0.6) is 5.75 Å². The molecular formula is C14H11FO3. The molecular weight excluding hydrogens is 235 g/mol. The second-order valence-electron chi connectivity index (χ2n) is 4.00. The number of aromatic hydroxyl groups is 1. The number of phenolic OH excluding ortho intramolecular Hbond substituents is 1. The predicted molar refractivity (Wildman–Crippen MR) is 65.2 cm³/mol. The summed E-state index contributed by atoms with van der Waals surface area (Å²) in [5.74, 6) is -1.81. The van der Waals surface area contributed by atoms with Gasteiger partial charge in [0, 0.05) is 11.6 Å². The van der Waals surface area contributed by atoms with Gasteiger partial charge in [0.05, 0.1) is 5.56 Å². The number of carboxylic acids is 1. The fraction of sp³-hybridized carbons (Fsp3) is 0.0714. The van der Waals surface area contributed by atoms with E-state index in [1.807, 2.05) is 0 Å². The van der Waals surface area contributed by atoms with E-state index >= 15 is 0 Å². The third-order valence-corrected chi connectivity index (χ3v) is 2.73. The summed E-state index contributed by atoms with van der Waals surface area (Å²) >= 11 is 0. The molecule has 0 aromatic heterocycles. The summed E-state index contributed by atoms with van der Waals surface area (Å²) in [4.78, 5) is 10.9. The Bertz CT molecular complexity index is 620. The fourth-order valence-electron chi connectivity index (χ4n) is 1.77. The monoisotopic (exact) mass is 246 g/mol. The lowest BCUT2D eigenvalue weighted by molar-refractivity contribution is 0.0697. The van der Waals surface area contributed by atoms with Gasteiger partial charge in [0.2, 0.25) is 0 Å². The maximum atomic E-state index is 13.7. The maximum Gasteiger partial charge on any atom is 0.335 e. The van der Waals surface area contributed by atoms with E-state index in [0.717, 1.165) is 11.6 Å². The Morgan fingerprint density at radius 1 is 1.11 bits per heavy atom. The Morgan fingerprint density at radius 2 is 1.83 bits per heavy atom. The second-order valence-corrected chi connectivity index (χ2v) is 4.00. The van der Waals surface area contributed by atoms with Gasteiger partial charge in [0.1, 0.15) is 11.6 Å². The van der Waals surface area contributed by atoms with Crippen LogP contribution >= 0.6 is 0 Å². The predicted octanol–water partition coefficient (Wildman–Crippen LogP) is 3.20. The molecule has 18 heavy (non-hydrogen) atoms. The molecule has 0 bridgehead atoms. The topological polar surface area (TPSA) is 57.5 Å². The molecule has 0 aliphatic carbocycles. The summed E-state index contributed by atoms with van der Waals surface area (Å²) in [6, 6.07) is 8.32. The molecule has 0 amide bonds. The van der Waals surface area contributed by atoms with Gasteiger partial charge in [-0.05, 0) is 42.3 Å². The molecule has 0 atom stereocenters. The quantitative estimate of drug-likeness (QED) is 0.855. The van der Waals surface area contributed by atoms with Gasteiger partial charge >= 0.3 is 5.97 Å². The van der Waals surface area contributed by atoms with E-state index in [2.05, 4.69) is 0 Å². The lowest BCUT2D eigenvalue weighted by atomic mass is 9.97. The molecule has 0 fully saturated rings. The summed E-state index contributed by atoms with van der Waals surface area (Å²) in [5.41, 5.74) is 1.65. The van der Waals surface area contributed by atoms with E-state index < -0.39 is 11.8 Å². The van der Waals surface area contributed by atoms with Crippen LogP contribution < -0.4 is 0 Å². The standard InChI is InChI=1S/C14H11FO3/c1-8-2-3-9(14(17)18)6-12(8)11-5-4-10(16)7-13(11)15/h2-7,16H,1H3,(H,17,18). The number of aryl methyl sites for hydroxylation is 1. The number of halogens is 1. The molecule has 2 aromatic carbocycles. The highest BCUT2D eigenvalue weighted by Gasteiger charge is 2.11. The smallest absolute Gasteiger partial charge is 0.335 e. The van der Waals surface area contributed by atoms with Crippen LogP contribution in [0.3, 0.4) is 0 Å². The largest absolute Gasteiger partial charge is 0.508 e. The Hall–Kier alpha value is -2.36. The van der Waals surface area contributed by atoms with Gasteiger partial charge in [-0.1, -0.05) is 6.07 Å². The van der Waals surface area contributed by atoms with Crippen LogP contribution in [-0.4, -0.2) is 16.2 Å². The van der Waals surface area contributed by atoms with E-state index in [1.165, 1.54) is 24.3 Å². The van der Waals surface area contributed by atoms with Crippen molar-refractivity contribution in [3.8, 4) is 16.9 Å². The van der Waals surface area contributed by atoms with Gasteiger partial charge < -0.3 is 10.2 Å². The molecule has 0 aliphatic heterocycles. The van der Waals surface area contributed by atoms with Crippen molar-refractivity contribution in [2.24, 2.45) is 0 Å². The number of hydrogen-bond acceptors (Lipinski definition) is 2. The zero-order valence-corrected chi connectivity index (χ0v) is 9.64. The first-order valence-corrected chi connectivity index (χ1v) is 5.32. The highest BCUT2D eigenvalue weighted by molar-refractivity contribution is 5.90. The van der Waals surface area contributed by atoms with Crippen LogP contribution in [0.1, 0.15) is 15.9 Å². The first kappa shape index (κ1) is 12.1. The van der Waals surface area contributed by atoms with Crippen molar-refractivity contribution in [3.05, 3.63) is 53.3 Å². The number of phenols is 1. The zero-order valence-electron chi connectivity index (χ0n) is 9.64. The molecule has 4 heteroatoms. The van der Waals surface area contributed by atoms with Crippen molar-refractivity contribution in [1.29, 1.82) is 0 Å². The van der Waals surface area contributed by atoms with E-state index in [1.54, 1.807) is 13.0 Å². The minimum atomic E-state index is -1.06. The molecule has 2 aromatic rings. The SMILES string of the molecule is Cc1ccc(C(=O)O)cc1-c1ccc(O)cc1F. The summed E-state index contributed by atoms with van der Waals surface area (Å²) in [5, 5.41) is 18.1. The van der Waals surface area contributed by atoms with Gasteiger partial charge in [-0.3, -0.25) is 0 Å². The van der Waals surface area contributed by atoms with Crippen LogP contribution in [0.2, 0.25) is 0 Å². The van der Waals surface area contributed by atoms with Crippen molar-refractivity contribution in [1.82, 2.24) is 0 Å². The van der Waals surface area contributed by atoms with E-state index in [0.29, 0.717) is 5.56 Å². The maximum absolute atomic E-state index is 13.7. The van der Waals surface area contributed by atoms with Gasteiger partial charge in [0.25, 0.3) is 0 Å². The first-order chi connectivity index (χ1) is 8.49. The van der Waals surface area contributed by atoms with E-state index in [4.69, 9.17) is 10.2 Å². The molecule has 0 heterocycles. The summed E-state index contributed by atoms with van der Waals surface area (Å²) in [7, 11) is 0. The molecule has 0 unspecified atom stereocenters. The molecule has 0 aliphatic rings. The highest BCUT2D eigenvalue weighted by atomic mass is 19.1. The van der Waals surface area contributed by atoms with Crippen molar-refractivity contribution in [3.63, 3.8) is 0 Å². The number of carboxylic acid groups (broad SMARTS) is 1. The van der Waals surface area contributed by atoms with Crippen LogP contribution in [0, 0.1) is 12.7 Å². The van der Waals surface area contributed by atoms with Gasteiger partial charge in [0.15, 0.2) is 0 Å². The van der Waals surface area contributed by atoms with Crippen molar-refractivity contribution in [2.45, 2.75) is 6.92 Å². The number of hydrogen-bond donors (Lipinski definition) is 2. The molecule has 92 valence electrons. The normalized spacial score (nSPS) is 10.3. The Kier molecular flexibility index (Phi) is 3.02. The molecule has 0 radical (unpaired) electrons. The van der Waals surface area contributed by atoms with Crippen molar-refractivity contribution < 1.29 is 19.4 Å². The Labute approximate surface area is 103 Å². The van der Waals surface area contributed by atoms with Crippen LogP contribution in [0.15, 0.2) is 36.4 Å². The molecule has 3 nitrogen and oxygen atoms in total. The van der Waals surface area contributed by atoms with Crippen molar-refractivity contribution >= 4 is 5.97 Å². The average Bonchev–Trinajstić information content (AvgIpc) is 2.30. The number of rotatable bonds is 2. The molecule has 2 N–H and O–H groups in total.